The van der Waals surface area contributed by atoms with Crippen molar-refractivity contribution in [2.45, 2.75) is 25.4 Å². The van der Waals surface area contributed by atoms with E-state index in [4.69, 9.17) is 4.74 Å². The van der Waals surface area contributed by atoms with E-state index in [1.807, 2.05) is 4.90 Å². The summed E-state index contributed by atoms with van der Waals surface area (Å²) in [5.74, 6) is 0.477. The first kappa shape index (κ1) is 17.1. The van der Waals surface area contributed by atoms with E-state index in [1.165, 1.54) is 10.6 Å². The maximum Gasteiger partial charge on any atom is 0.232 e. The van der Waals surface area contributed by atoms with Crippen LogP contribution in [0.15, 0.2) is 18.6 Å². The molecule has 2 saturated heterocycles. The van der Waals surface area contributed by atoms with Crippen molar-refractivity contribution >= 4 is 15.9 Å². The third-order valence-corrected chi connectivity index (χ3v) is 5.86. The van der Waals surface area contributed by atoms with E-state index >= 15 is 0 Å². The lowest BCUT2D eigenvalue weighted by atomic mass is 9.97. The molecule has 24 heavy (non-hydrogen) atoms. The Morgan fingerprint density at radius 1 is 1.21 bits per heavy atom. The first-order valence-electron chi connectivity index (χ1n) is 8.10. The normalized spacial score (nSPS) is 23.4. The molecule has 132 valence electrons. The van der Waals surface area contributed by atoms with E-state index in [-0.39, 0.29) is 17.9 Å². The number of carbonyl (C=O) groups excluding carboxylic acids is 1. The van der Waals surface area contributed by atoms with Gasteiger partial charge in [0.1, 0.15) is 6.10 Å². The Bertz CT molecular complexity index is 674. The molecule has 3 rings (SSSR count). The molecule has 0 aliphatic carbocycles. The summed E-state index contributed by atoms with van der Waals surface area (Å²) in [5.41, 5.74) is 0. The van der Waals surface area contributed by atoms with Gasteiger partial charge in [-0.15, -0.1) is 0 Å². The average Bonchev–Trinajstić information content (AvgIpc) is 3.03. The summed E-state index contributed by atoms with van der Waals surface area (Å²) >= 11 is 0. The van der Waals surface area contributed by atoms with E-state index < -0.39 is 10.0 Å². The molecule has 1 aromatic heterocycles. The van der Waals surface area contributed by atoms with Crippen molar-refractivity contribution in [3.05, 3.63) is 18.6 Å². The zero-order valence-corrected chi connectivity index (χ0v) is 14.5. The van der Waals surface area contributed by atoms with Crippen LogP contribution in [0.1, 0.15) is 19.3 Å². The maximum absolute atomic E-state index is 12.6. The van der Waals surface area contributed by atoms with Gasteiger partial charge in [0, 0.05) is 44.4 Å². The summed E-state index contributed by atoms with van der Waals surface area (Å²) in [5, 5.41) is 0. The van der Waals surface area contributed by atoms with Crippen molar-refractivity contribution in [1.82, 2.24) is 19.2 Å². The van der Waals surface area contributed by atoms with Crippen LogP contribution in [0.4, 0.5) is 0 Å². The number of hydrogen-bond donors (Lipinski definition) is 0. The number of rotatable bonds is 4. The van der Waals surface area contributed by atoms with Crippen LogP contribution in [-0.2, 0) is 14.8 Å². The topological polar surface area (TPSA) is 92.7 Å². The van der Waals surface area contributed by atoms with Crippen LogP contribution in [-0.4, -0.2) is 72.0 Å². The lowest BCUT2D eigenvalue weighted by Crippen LogP contribution is -2.43. The van der Waals surface area contributed by atoms with Crippen LogP contribution in [0.3, 0.4) is 0 Å². The Labute approximate surface area is 141 Å². The smallest absolute Gasteiger partial charge is 0.232 e. The fourth-order valence-electron chi connectivity index (χ4n) is 3.23. The molecule has 9 heteroatoms. The summed E-state index contributed by atoms with van der Waals surface area (Å²) in [6.07, 6.45) is 7.79. The highest BCUT2D eigenvalue weighted by atomic mass is 32.2. The summed E-state index contributed by atoms with van der Waals surface area (Å²) in [7, 11) is -3.16. The molecule has 0 aromatic carbocycles. The number of carbonyl (C=O) groups is 1. The Hall–Kier alpha value is -1.74. The van der Waals surface area contributed by atoms with Crippen LogP contribution < -0.4 is 4.74 Å². The second kappa shape index (κ2) is 7.02. The highest BCUT2D eigenvalue weighted by Crippen LogP contribution is 2.24. The highest BCUT2D eigenvalue weighted by Gasteiger charge is 2.35. The van der Waals surface area contributed by atoms with Gasteiger partial charge in [0.15, 0.2) is 0 Å². The van der Waals surface area contributed by atoms with Gasteiger partial charge in [0.05, 0.1) is 19.0 Å². The molecule has 0 N–H and O–H groups in total. The average molecular weight is 354 g/mol. The summed E-state index contributed by atoms with van der Waals surface area (Å²) < 4.78 is 30.3. The molecule has 0 unspecified atom stereocenters. The minimum absolute atomic E-state index is 0.0678. The van der Waals surface area contributed by atoms with Gasteiger partial charge in [0.2, 0.25) is 21.8 Å². The second-order valence-electron chi connectivity index (χ2n) is 6.29. The molecule has 1 amide bonds. The predicted molar refractivity (Wildman–Crippen MR) is 86.8 cm³/mol. The van der Waals surface area contributed by atoms with Crippen molar-refractivity contribution in [2.75, 3.05) is 32.4 Å². The Balaban J connectivity index is 1.50. The van der Waals surface area contributed by atoms with Crippen molar-refractivity contribution in [3.8, 4) is 5.88 Å². The molecule has 3 heterocycles. The molecule has 0 bridgehead atoms. The lowest BCUT2D eigenvalue weighted by molar-refractivity contribution is -0.135. The molecule has 1 atom stereocenters. The van der Waals surface area contributed by atoms with E-state index in [0.717, 1.165) is 6.42 Å². The first-order chi connectivity index (χ1) is 11.4. The third-order valence-electron chi connectivity index (χ3n) is 4.56. The van der Waals surface area contributed by atoms with Gasteiger partial charge in [-0.25, -0.2) is 17.7 Å². The van der Waals surface area contributed by atoms with E-state index in [2.05, 4.69) is 9.97 Å². The number of likely N-dealkylation sites (tertiary alicyclic amines) is 1. The van der Waals surface area contributed by atoms with Crippen molar-refractivity contribution in [2.24, 2.45) is 5.92 Å². The Morgan fingerprint density at radius 3 is 2.58 bits per heavy atom. The molecule has 8 nitrogen and oxygen atoms in total. The van der Waals surface area contributed by atoms with Crippen LogP contribution >= 0.6 is 0 Å². The molecule has 2 aliphatic heterocycles. The molecule has 0 spiro atoms. The quantitative estimate of drug-likeness (QED) is 0.763. The van der Waals surface area contributed by atoms with Gasteiger partial charge in [0.25, 0.3) is 0 Å². The SMILES string of the molecule is CS(=O)(=O)N1CCC(C(=O)N2CC[C@@H](Oc3cnccn3)C2)CC1. The highest BCUT2D eigenvalue weighted by molar-refractivity contribution is 7.88. The second-order valence-corrected chi connectivity index (χ2v) is 8.28. The molecule has 2 fully saturated rings. The fourth-order valence-corrected chi connectivity index (χ4v) is 4.11. The number of ether oxygens (including phenoxy) is 1. The van der Waals surface area contributed by atoms with Gasteiger partial charge in [-0.2, -0.15) is 0 Å². The molecule has 1 aromatic rings. The Kier molecular flexibility index (Phi) is 5.00. The predicted octanol–water partition coefficient (Wildman–Crippen LogP) is 0.128. The number of nitrogens with zero attached hydrogens (tertiary/aromatic N) is 4. The maximum atomic E-state index is 12.6. The zero-order valence-electron chi connectivity index (χ0n) is 13.7. The lowest BCUT2D eigenvalue weighted by Gasteiger charge is -2.31. The standard InChI is InChI=1S/C15H22N4O4S/c1-24(21,22)19-8-2-12(3-9-19)15(20)18-7-4-13(11-18)23-14-10-16-5-6-17-14/h5-6,10,12-13H,2-4,7-9,11H2,1H3/t13-/m1/s1. The van der Waals surface area contributed by atoms with Crippen LogP contribution in [0.2, 0.25) is 0 Å². The summed E-state index contributed by atoms with van der Waals surface area (Å²) in [6.45, 7) is 2.04. The van der Waals surface area contributed by atoms with Gasteiger partial charge < -0.3 is 9.64 Å². The number of hydrogen-bond acceptors (Lipinski definition) is 6. The van der Waals surface area contributed by atoms with Crippen molar-refractivity contribution in [3.63, 3.8) is 0 Å². The summed E-state index contributed by atoms with van der Waals surface area (Å²) in [4.78, 5) is 22.5. The minimum Gasteiger partial charge on any atom is -0.471 e. The van der Waals surface area contributed by atoms with Gasteiger partial charge in [-0.1, -0.05) is 0 Å². The number of aromatic nitrogens is 2. The number of piperidine rings is 1. The summed E-state index contributed by atoms with van der Waals surface area (Å²) in [6, 6.07) is 0. The van der Waals surface area contributed by atoms with Gasteiger partial charge in [-0.05, 0) is 12.8 Å². The Morgan fingerprint density at radius 2 is 1.96 bits per heavy atom. The third kappa shape index (κ3) is 4.02. The molecular weight excluding hydrogens is 332 g/mol. The molecular formula is C15H22N4O4S. The van der Waals surface area contributed by atoms with E-state index in [0.29, 0.717) is 44.9 Å². The molecule has 0 radical (unpaired) electrons. The first-order valence-corrected chi connectivity index (χ1v) is 9.95. The number of sulfonamides is 1. The largest absolute Gasteiger partial charge is 0.471 e. The van der Waals surface area contributed by atoms with Gasteiger partial charge >= 0.3 is 0 Å². The number of amides is 1. The minimum atomic E-state index is -3.16. The zero-order chi connectivity index (χ0) is 17.2. The molecule has 0 saturated carbocycles. The monoisotopic (exact) mass is 354 g/mol. The van der Waals surface area contributed by atoms with Crippen LogP contribution in [0.25, 0.3) is 0 Å². The fraction of sp³-hybridized carbons (Fsp3) is 0.667. The van der Waals surface area contributed by atoms with Crippen molar-refractivity contribution < 1.29 is 17.9 Å². The van der Waals surface area contributed by atoms with Crippen molar-refractivity contribution in [1.29, 1.82) is 0 Å². The van der Waals surface area contributed by atoms with E-state index in [1.54, 1.807) is 18.6 Å². The van der Waals surface area contributed by atoms with Gasteiger partial charge in [-0.3, -0.25) is 9.78 Å². The van der Waals surface area contributed by atoms with Crippen LogP contribution in [0, 0.1) is 5.92 Å². The molecule has 2 aliphatic rings. The van der Waals surface area contributed by atoms with Crippen LogP contribution in [0.5, 0.6) is 5.88 Å². The van der Waals surface area contributed by atoms with E-state index in [9.17, 15) is 13.2 Å².